The first-order chi connectivity index (χ1) is 8.75. The molecule has 1 N–H and O–H groups in total. The van der Waals surface area contributed by atoms with E-state index in [1.807, 2.05) is 30.3 Å². The number of hydrogen-bond donors (Lipinski definition) is 1. The van der Waals surface area contributed by atoms with Gasteiger partial charge in [0.2, 0.25) is 6.23 Å². The van der Waals surface area contributed by atoms with Gasteiger partial charge >= 0.3 is 0 Å². The number of hydroxylamine groups is 1. The van der Waals surface area contributed by atoms with Crippen LogP contribution < -0.4 is 5.06 Å². The molecule has 1 aliphatic rings. The Morgan fingerprint density at radius 2 is 1.72 bits per heavy atom. The molecule has 92 valence electrons. The molecule has 4 nitrogen and oxygen atoms in total. The lowest BCUT2D eigenvalue weighted by Crippen LogP contribution is -1.95. The number of nitrogens with zero attached hydrogens (tertiary/aromatic N) is 1. The van der Waals surface area contributed by atoms with Gasteiger partial charge in [0.05, 0.1) is 10.6 Å². The summed E-state index contributed by atoms with van der Waals surface area (Å²) in [5.41, 5.74) is 1.96. The summed E-state index contributed by atoms with van der Waals surface area (Å²) < 4.78 is 19.8. The minimum atomic E-state index is -1.93. The maximum absolute atomic E-state index is 10.8. The maximum atomic E-state index is 10.8. The van der Waals surface area contributed by atoms with Gasteiger partial charge in [0.25, 0.3) is 0 Å². The SMILES string of the molecule is O=S(O)c1ccc(N2OC2c2ccccc2)cc1. The molecular formula is C13H11NO3S. The van der Waals surface area contributed by atoms with Crippen LogP contribution in [0.5, 0.6) is 0 Å². The van der Waals surface area contributed by atoms with Gasteiger partial charge in [-0.3, -0.25) is 0 Å². The predicted molar refractivity (Wildman–Crippen MR) is 68.2 cm³/mol. The molecule has 1 fully saturated rings. The van der Waals surface area contributed by atoms with Crippen LogP contribution in [0.1, 0.15) is 11.8 Å². The lowest BCUT2D eigenvalue weighted by atomic mass is 10.2. The van der Waals surface area contributed by atoms with Crippen LogP contribution in [0, 0.1) is 0 Å². The largest absolute Gasteiger partial charge is 0.302 e. The molecule has 18 heavy (non-hydrogen) atoms. The smallest absolute Gasteiger partial charge is 0.206 e. The van der Waals surface area contributed by atoms with Crippen molar-refractivity contribution in [1.29, 1.82) is 0 Å². The van der Waals surface area contributed by atoms with Crippen molar-refractivity contribution in [1.82, 2.24) is 0 Å². The molecule has 0 saturated carbocycles. The summed E-state index contributed by atoms with van der Waals surface area (Å²) in [6.45, 7) is 0. The molecule has 0 amide bonds. The molecule has 2 aromatic rings. The normalized spacial score (nSPS) is 19.6. The number of anilines is 1. The molecule has 0 aromatic heterocycles. The predicted octanol–water partition coefficient (Wildman–Crippen LogP) is 2.72. The van der Waals surface area contributed by atoms with E-state index in [4.69, 9.17) is 9.39 Å². The molecule has 5 heteroatoms. The molecule has 1 saturated heterocycles. The van der Waals surface area contributed by atoms with E-state index >= 15 is 0 Å². The number of rotatable bonds is 3. The fraction of sp³-hybridized carbons (Fsp3) is 0.0769. The summed E-state index contributed by atoms with van der Waals surface area (Å²) in [5, 5.41) is 1.76. The highest BCUT2D eigenvalue weighted by molar-refractivity contribution is 7.79. The molecule has 2 unspecified atom stereocenters. The first kappa shape index (κ1) is 11.4. The van der Waals surface area contributed by atoms with E-state index in [0.29, 0.717) is 4.90 Å². The Bertz CT molecular complexity index is 571. The third-order valence-corrected chi connectivity index (χ3v) is 3.43. The Labute approximate surface area is 107 Å². The van der Waals surface area contributed by atoms with Crippen LogP contribution in [0.4, 0.5) is 5.69 Å². The van der Waals surface area contributed by atoms with Crippen LogP contribution in [0.3, 0.4) is 0 Å². The topological polar surface area (TPSA) is 52.8 Å². The Kier molecular flexibility index (Phi) is 2.87. The van der Waals surface area contributed by atoms with Crippen LogP contribution in [0.15, 0.2) is 59.5 Å². The van der Waals surface area contributed by atoms with Gasteiger partial charge in [-0.1, -0.05) is 30.3 Å². The summed E-state index contributed by atoms with van der Waals surface area (Å²) in [5.74, 6) is 0. The first-order valence-corrected chi connectivity index (χ1v) is 6.58. The molecule has 2 atom stereocenters. The van der Waals surface area contributed by atoms with Crippen molar-refractivity contribution in [3.63, 3.8) is 0 Å². The zero-order valence-corrected chi connectivity index (χ0v) is 10.2. The third kappa shape index (κ3) is 2.15. The number of hydrogen-bond acceptors (Lipinski definition) is 3. The lowest BCUT2D eigenvalue weighted by Gasteiger charge is -2.01. The molecule has 3 rings (SSSR count). The van der Waals surface area contributed by atoms with Gasteiger partial charge in [-0.05, 0) is 24.3 Å². The molecule has 0 radical (unpaired) electrons. The van der Waals surface area contributed by atoms with Crippen molar-refractivity contribution in [2.45, 2.75) is 11.1 Å². The van der Waals surface area contributed by atoms with E-state index in [0.717, 1.165) is 11.3 Å². The molecule has 1 aliphatic heterocycles. The van der Waals surface area contributed by atoms with E-state index in [1.165, 1.54) is 0 Å². The second-order valence-electron chi connectivity index (χ2n) is 3.94. The van der Waals surface area contributed by atoms with Crippen molar-refractivity contribution >= 4 is 16.8 Å². The van der Waals surface area contributed by atoms with Gasteiger partial charge in [0.1, 0.15) is 0 Å². The summed E-state index contributed by atoms with van der Waals surface area (Å²) >= 11 is -1.93. The molecule has 1 heterocycles. The van der Waals surface area contributed by atoms with Crippen molar-refractivity contribution in [2.75, 3.05) is 5.06 Å². The Morgan fingerprint density at radius 3 is 2.33 bits per heavy atom. The maximum Gasteiger partial charge on any atom is 0.206 e. The van der Waals surface area contributed by atoms with Crippen molar-refractivity contribution < 1.29 is 13.6 Å². The monoisotopic (exact) mass is 261 g/mol. The van der Waals surface area contributed by atoms with Crippen LogP contribution in [-0.2, 0) is 15.9 Å². The van der Waals surface area contributed by atoms with Gasteiger partial charge in [-0.2, -0.15) is 0 Å². The molecule has 0 bridgehead atoms. The zero-order chi connectivity index (χ0) is 12.5. The van der Waals surface area contributed by atoms with Gasteiger partial charge in [-0.15, -0.1) is 0 Å². The van der Waals surface area contributed by atoms with Crippen molar-refractivity contribution in [3.05, 3.63) is 60.2 Å². The lowest BCUT2D eigenvalue weighted by molar-refractivity contribution is 0.402. The highest BCUT2D eigenvalue weighted by Crippen LogP contribution is 2.41. The van der Waals surface area contributed by atoms with Crippen LogP contribution in [0.2, 0.25) is 0 Å². The van der Waals surface area contributed by atoms with E-state index < -0.39 is 11.1 Å². The summed E-state index contributed by atoms with van der Waals surface area (Å²) in [6.07, 6.45) is -0.0586. The van der Waals surface area contributed by atoms with E-state index in [1.54, 1.807) is 29.3 Å². The van der Waals surface area contributed by atoms with Crippen molar-refractivity contribution in [2.24, 2.45) is 0 Å². The minimum Gasteiger partial charge on any atom is -0.302 e. The minimum absolute atomic E-state index is 0.0586. The van der Waals surface area contributed by atoms with Crippen LogP contribution in [-0.4, -0.2) is 8.76 Å². The van der Waals surface area contributed by atoms with Crippen LogP contribution >= 0.6 is 0 Å². The van der Waals surface area contributed by atoms with E-state index in [9.17, 15) is 4.21 Å². The third-order valence-electron chi connectivity index (χ3n) is 2.76. The quantitative estimate of drug-likeness (QED) is 0.681. The molecule has 0 aliphatic carbocycles. The standard InChI is InChI=1S/C13H11NO3S/c15-18(16)12-8-6-11(7-9-12)14-13(17-14)10-4-2-1-3-5-10/h1-9,13H,(H,15,16). The van der Waals surface area contributed by atoms with E-state index in [-0.39, 0.29) is 6.23 Å². The average Bonchev–Trinajstić information content (AvgIpc) is 3.20. The fourth-order valence-corrected chi connectivity index (χ4v) is 2.17. The molecule has 0 spiro atoms. The molecular weight excluding hydrogens is 250 g/mol. The highest BCUT2D eigenvalue weighted by Gasteiger charge is 2.38. The molecule has 2 aromatic carbocycles. The summed E-state index contributed by atoms with van der Waals surface area (Å²) in [7, 11) is 0. The summed E-state index contributed by atoms with van der Waals surface area (Å²) in [6, 6.07) is 16.7. The second-order valence-corrected chi connectivity index (χ2v) is 4.91. The average molecular weight is 261 g/mol. The Hall–Kier alpha value is -1.69. The Balaban J connectivity index is 1.77. The Morgan fingerprint density at radius 1 is 1.06 bits per heavy atom. The highest BCUT2D eigenvalue weighted by atomic mass is 32.2. The van der Waals surface area contributed by atoms with E-state index in [2.05, 4.69) is 0 Å². The van der Waals surface area contributed by atoms with Gasteiger partial charge in [0.15, 0.2) is 11.1 Å². The van der Waals surface area contributed by atoms with Gasteiger partial charge in [0, 0.05) is 5.56 Å². The summed E-state index contributed by atoms with van der Waals surface area (Å²) in [4.78, 5) is 5.87. The number of benzene rings is 2. The van der Waals surface area contributed by atoms with Crippen LogP contribution in [0.25, 0.3) is 0 Å². The fourth-order valence-electron chi connectivity index (χ4n) is 1.80. The van der Waals surface area contributed by atoms with Crippen molar-refractivity contribution in [3.8, 4) is 0 Å². The van der Waals surface area contributed by atoms with Gasteiger partial charge in [-0.25, -0.2) is 14.1 Å². The first-order valence-electron chi connectivity index (χ1n) is 5.47. The zero-order valence-electron chi connectivity index (χ0n) is 9.39. The second kappa shape index (κ2) is 4.53. The van der Waals surface area contributed by atoms with Gasteiger partial charge < -0.3 is 4.55 Å².